The molecular weight excluding hydrogens is 336 g/mol. The lowest BCUT2D eigenvalue weighted by Crippen LogP contribution is -2.30. The van der Waals surface area contributed by atoms with E-state index in [0.717, 1.165) is 16.8 Å². The Labute approximate surface area is 149 Å². The van der Waals surface area contributed by atoms with Crippen LogP contribution in [0.2, 0.25) is 0 Å². The van der Waals surface area contributed by atoms with Gasteiger partial charge in [0.1, 0.15) is 0 Å². The Balaban J connectivity index is 1.91. The van der Waals surface area contributed by atoms with Crippen molar-refractivity contribution in [2.75, 3.05) is 5.32 Å². The zero-order valence-corrected chi connectivity index (χ0v) is 15.6. The van der Waals surface area contributed by atoms with Crippen molar-refractivity contribution in [1.82, 2.24) is 4.72 Å². The van der Waals surface area contributed by atoms with Crippen molar-refractivity contribution >= 4 is 21.6 Å². The first-order chi connectivity index (χ1) is 11.8. The number of anilines is 1. The van der Waals surface area contributed by atoms with Crippen molar-refractivity contribution in [3.63, 3.8) is 0 Å². The Morgan fingerprint density at radius 1 is 1.00 bits per heavy atom. The maximum Gasteiger partial charge on any atom is 0.240 e. The van der Waals surface area contributed by atoms with Crippen LogP contribution in [-0.4, -0.2) is 20.4 Å². The molecule has 0 fully saturated rings. The summed E-state index contributed by atoms with van der Waals surface area (Å²) in [5.74, 6) is -0.0676. The van der Waals surface area contributed by atoms with Gasteiger partial charge in [0, 0.05) is 18.2 Å². The molecule has 0 aromatic heterocycles. The van der Waals surface area contributed by atoms with Crippen molar-refractivity contribution in [2.45, 2.75) is 44.6 Å². The fraction of sp³-hybridized carbons (Fsp3) is 0.316. The number of amides is 1. The predicted octanol–water partition coefficient (Wildman–Crippen LogP) is 3.25. The van der Waals surface area contributed by atoms with E-state index in [1.807, 2.05) is 31.2 Å². The standard InChI is InChI=1S/C19H24N2O3S/c1-14(2)21-25(23,24)18-11-6-16(7-12-18)8-13-19(22)20-17-9-4-15(3)5-10-17/h4-7,9-12,14,21H,8,13H2,1-3H3,(H,20,22). The lowest BCUT2D eigenvalue weighted by molar-refractivity contribution is -0.116. The Kier molecular flexibility index (Phi) is 6.33. The molecule has 2 N–H and O–H groups in total. The molecule has 0 aliphatic heterocycles. The second-order valence-electron chi connectivity index (χ2n) is 6.33. The van der Waals surface area contributed by atoms with E-state index in [1.165, 1.54) is 0 Å². The van der Waals surface area contributed by atoms with Crippen LogP contribution in [0, 0.1) is 6.92 Å². The van der Waals surface area contributed by atoms with Crippen molar-refractivity contribution in [1.29, 1.82) is 0 Å². The third-order valence-electron chi connectivity index (χ3n) is 3.60. The highest BCUT2D eigenvalue weighted by Gasteiger charge is 2.14. The molecule has 0 heterocycles. The Hall–Kier alpha value is -2.18. The van der Waals surface area contributed by atoms with Gasteiger partial charge in [-0.05, 0) is 57.0 Å². The van der Waals surface area contributed by atoms with Crippen molar-refractivity contribution in [2.24, 2.45) is 0 Å². The Morgan fingerprint density at radius 3 is 2.16 bits per heavy atom. The van der Waals surface area contributed by atoms with Gasteiger partial charge in [0.25, 0.3) is 0 Å². The summed E-state index contributed by atoms with van der Waals surface area (Å²) in [5, 5.41) is 2.85. The van der Waals surface area contributed by atoms with E-state index in [-0.39, 0.29) is 16.8 Å². The van der Waals surface area contributed by atoms with Gasteiger partial charge in [0.15, 0.2) is 0 Å². The first-order valence-electron chi connectivity index (χ1n) is 8.24. The lowest BCUT2D eigenvalue weighted by atomic mass is 10.1. The van der Waals surface area contributed by atoms with Crippen LogP contribution in [-0.2, 0) is 21.2 Å². The summed E-state index contributed by atoms with van der Waals surface area (Å²) in [5.41, 5.74) is 2.83. The number of carbonyl (C=O) groups is 1. The van der Waals surface area contributed by atoms with E-state index in [2.05, 4.69) is 10.0 Å². The molecule has 0 aliphatic carbocycles. The largest absolute Gasteiger partial charge is 0.326 e. The number of carbonyl (C=O) groups excluding carboxylic acids is 1. The zero-order chi connectivity index (χ0) is 18.4. The van der Waals surface area contributed by atoms with Crippen molar-refractivity contribution in [3.05, 3.63) is 59.7 Å². The summed E-state index contributed by atoms with van der Waals surface area (Å²) in [6.45, 7) is 5.54. The molecule has 0 atom stereocenters. The fourth-order valence-corrected chi connectivity index (χ4v) is 3.58. The van der Waals surface area contributed by atoms with Crippen molar-refractivity contribution < 1.29 is 13.2 Å². The zero-order valence-electron chi connectivity index (χ0n) is 14.7. The quantitative estimate of drug-likeness (QED) is 0.796. The smallest absolute Gasteiger partial charge is 0.240 e. The van der Waals surface area contributed by atoms with Crippen LogP contribution in [0.1, 0.15) is 31.4 Å². The molecule has 0 saturated heterocycles. The highest BCUT2D eigenvalue weighted by atomic mass is 32.2. The van der Waals surface area contributed by atoms with Gasteiger partial charge in [-0.2, -0.15) is 0 Å². The van der Waals surface area contributed by atoms with E-state index in [1.54, 1.807) is 38.1 Å². The second kappa shape index (κ2) is 8.27. The highest BCUT2D eigenvalue weighted by Crippen LogP contribution is 2.13. The highest BCUT2D eigenvalue weighted by molar-refractivity contribution is 7.89. The van der Waals surface area contributed by atoms with E-state index < -0.39 is 10.0 Å². The maximum absolute atomic E-state index is 12.1. The lowest BCUT2D eigenvalue weighted by Gasteiger charge is -2.10. The number of aryl methyl sites for hydroxylation is 2. The molecule has 2 aromatic carbocycles. The molecule has 0 unspecified atom stereocenters. The van der Waals surface area contributed by atoms with Crippen LogP contribution < -0.4 is 10.0 Å². The summed E-state index contributed by atoms with van der Waals surface area (Å²) in [6, 6.07) is 14.1. The molecule has 6 heteroatoms. The first-order valence-corrected chi connectivity index (χ1v) is 9.72. The monoisotopic (exact) mass is 360 g/mol. The summed E-state index contributed by atoms with van der Waals surface area (Å²) < 4.78 is 26.7. The van der Waals surface area contributed by atoms with Gasteiger partial charge in [-0.25, -0.2) is 13.1 Å². The molecule has 0 bridgehead atoms. The van der Waals surface area contributed by atoms with Gasteiger partial charge in [-0.1, -0.05) is 29.8 Å². The first kappa shape index (κ1) is 19.1. The van der Waals surface area contributed by atoms with Crippen LogP contribution in [0.25, 0.3) is 0 Å². The number of nitrogens with one attached hydrogen (secondary N) is 2. The molecule has 1 amide bonds. The average molecular weight is 360 g/mol. The molecular formula is C19H24N2O3S. The second-order valence-corrected chi connectivity index (χ2v) is 8.05. The number of hydrogen-bond acceptors (Lipinski definition) is 3. The van der Waals surface area contributed by atoms with Crippen LogP contribution in [0.15, 0.2) is 53.4 Å². The molecule has 2 rings (SSSR count). The third-order valence-corrected chi connectivity index (χ3v) is 5.28. The van der Waals surface area contributed by atoms with Gasteiger partial charge < -0.3 is 5.32 Å². The fourth-order valence-electron chi connectivity index (χ4n) is 2.33. The SMILES string of the molecule is Cc1ccc(NC(=O)CCc2ccc(S(=O)(=O)NC(C)C)cc2)cc1. The van der Waals surface area contributed by atoms with E-state index >= 15 is 0 Å². The maximum atomic E-state index is 12.1. The van der Waals surface area contributed by atoms with Gasteiger partial charge >= 0.3 is 0 Å². The van der Waals surface area contributed by atoms with Gasteiger partial charge in [-0.15, -0.1) is 0 Å². The Bertz CT molecular complexity index is 811. The van der Waals surface area contributed by atoms with Crippen LogP contribution >= 0.6 is 0 Å². The summed E-state index contributed by atoms with van der Waals surface area (Å²) in [7, 11) is -3.48. The third kappa shape index (κ3) is 5.99. The summed E-state index contributed by atoms with van der Waals surface area (Å²) >= 11 is 0. The van der Waals surface area contributed by atoms with Crippen LogP contribution in [0.5, 0.6) is 0 Å². The predicted molar refractivity (Wildman–Crippen MR) is 100 cm³/mol. The van der Waals surface area contributed by atoms with Crippen molar-refractivity contribution in [3.8, 4) is 0 Å². The minimum absolute atomic E-state index is 0.0676. The molecule has 0 aliphatic rings. The van der Waals surface area contributed by atoms with E-state index in [4.69, 9.17) is 0 Å². The van der Waals surface area contributed by atoms with Crippen LogP contribution in [0.4, 0.5) is 5.69 Å². The molecule has 0 saturated carbocycles. The molecule has 2 aromatic rings. The summed E-state index contributed by atoms with van der Waals surface area (Å²) in [4.78, 5) is 12.2. The minimum Gasteiger partial charge on any atom is -0.326 e. The normalized spacial score (nSPS) is 11.5. The number of rotatable bonds is 7. The minimum atomic E-state index is -3.48. The average Bonchev–Trinajstić information content (AvgIpc) is 2.54. The number of benzene rings is 2. The molecule has 0 radical (unpaired) electrons. The topological polar surface area (TPSA) is 75.3 Å². The Morgan fingerprint density at radius 2 is 1.60 bits per heavy atom. The van der Waals surface area contributed by atoms with E-state index in [9.17, 15) is 13.2 Å². The number of sulfonamides is 1. The van der Waals surface area contributed by atoms with E-state index in [0.29, 0.717) is 12.8 Å². The summed E-state index contributed by atoms with van der Waals surface area (Å²) in [6.07, 6.45) is 0.889. The molecule has 25 heavy (non-hydrogen) atoms. The van der Waals surface area contributed by atoms with Gasteiger partial charge in [0.05, 0.1) is 4.90 Å². The number of hydrogen-bond donors (Lipinski definition) is 2. The molecule has 0 spiro atoms. The van der Waals surface area contributed by atoms with Crippen LogP contribution in [0.3, 0.4) is 0 Å². The molecule has 134 valence electrons. The van der Waals surface area contributed by atoms with Gasteiger partial charge in [0.2, 0.25) is 15.9 Å². The molecule has 5 nitrogen and oxygen atoms in total. The van der Waals surface area contributed by atoms with Gasteiger partial charge in [-0.3, -0.25) is 4.79 Å².